The Morgan fingerprint density at radius 2 is 1.88 bits per heavy atom. The Hall–Kier alpha value is -2.76. The molecule has 9 nitrogen and oxygen atoms in total. The molecule has 1 unspecified atom stereocenters. The van der Waals surface area contributed by atoms with Gasteiger partial charge in [0.2, 0.25) is 26.0 Å². The first-order valence-electron chi connectivity index (χ1n) is 10.7. The summed E-state index contributed by atoms with van der Waals surface area (Å²) >= 11 is 0. The molecule has 3 aromatic rings. The number of nitrogens with zero attached hydrogens (tertiary/aromatic N) is 1. The topological polar surface area (TPSA) is 138 Å². The first-order chi connectivity index (χ1) is 15.7. The minimum atomic E-state index is -3.72. The molecule has 1 fully saturated rings. The Balaban J connectivity index is 1.60. The fourth-order valence-corrected chi connectivity index (χ4v) is 6.74. The van der Waals surface area contributed by atoms with Crippen molar-refractivity contribution in [2.75, 3.05) is 5.75 Å². The summed E-state index contributed by atoms with van der Waals surface area (Å²) < 4.78 is 54.3. The highest BCUT2D eigenvalue weighted by Crippen LogP contribution is 2.30. The maximum Gasteiger partial charge on any atom is 0.242 e. The molecule has 33 heavy (non-hydrogen) atoms. The van der Waals surface area contributed by atoms with Gasteiger partial charge in [0.15, 0.2) is 0 Å². The summed E-state index contributed by atoms with van der Waals surface area (Å²) in [6.45, 7) is 1.93. The summed E-state index contributed by atoms with van der Waals surface area (Å²) in [4.78, 5) is 19.3. The zero-order valence-corrected chi connectivity index (χ0v) is 19.7. The van der Waals surface area contributed by atoms with Crippen LogP contribution >= 0.6 is 0 Å². The molecule has 0 radical (unpaired) electrons. The van der Waals surface area contributed by atoms with Crippen LogP contribution in [0.1, 0.15) is 54.4 Å². The number of hydrogen-bond donors (Lipinski definition) is 3. The average molecular weight is 491 g/mol. The van der Waals surface area contributed by atoms with Gasteiger partial charge < -0.3 is 4.98 Å². The zero-order valence-electron chi connectivity index (χ0n) is 18.1. The molecule has 1 aliphatic heterocycles. The number of hydrogen-bond acceptors (Lipinski definition) is 6. The SMILES string of the molecule is CCCCS(=O)(=O)N[C@@H](Cc1ccc(C2CC(=O)NS2(=O)=O)cc1)c1nc2ccccc2[nH]1. The van der Waals surface area contributed by atoms with Gasteiger partial charge in [0, 0.05) is 0 Å². The van der Waals surface area contributed by atoms with E-state index in [1.165, 1.54) is 0 Å². The van der Waals surface area contributed by atoms with E-state index in [1.54, 1.807) is 24.3 Å². The highest BCUT2D eigenvalue weighted by atomic mass is 32.2. The van der Waals surface area contributed by atoms with Gasteiger partial charge in [-0.05, 0) is 36.1 Å². The number of benzene rings is 2. The number of rotatable bonds is 9. The highest BCUT2D eigenvalue weighted by Gasteiger charge is 2.37. The number of carbonyl (C=O) groups excluding carboxylic acids is 1. The van der Waals surface area contributed by atoms with E-state index in [0.29, 0.717) is 24.2 Å². The molecule has 1 saturated heterocycles. The first-order valence-corrected chi connectivity index (χ1v) is 13.9. The molecule has 0 bridgehead atoms. The lowest BCUT2D eigenvalue weighted by Gasteiger charge is -2.17. The lowest BCUT2D eigenvalue weighted by molar-refractivity contribution is -0.118. The van der Waals surface area contributed by atoms with Crippen molar-refractivity contribution in [3.63, 3.8) is 0 Å². The van der Waals surface area contributed by atoms with Crippen LogP contribution in [-0.4, -0.2) is 38.5 Å². The maximum atomic E-state index is 12.7. The van der Waals surface area contributed by atoms with E-state index in [1.807, 2.05) is 35.9 Å². The molecule has 0 aliphatic carbocycles. The molecular formula is C22H26N4O5S2. The van der Waals surface area contributed by atoms with Crippen LogP contribution in [0.3, 0.4) is 0 Å². The first kappa shape index (κ1) is 23.4. The lowest BCUT2D eigenvalue weighted by atomic mass is 10.0. The zero-order chi connectivity index (χ0) is 23.6. The van der Waals surface area contributed by atoms with Crippen molar-refractivity contribution < 1.29 is 21.6 Å². The second kappa shape index (κ2) is 9.24. The molecule has 1 aromatic heterocycles. The molecule has 1 amide bonds. The smallest absolute Gasteiger partial charge is 0.242 e. The number of aromatic nitrogens is 2. The fourth-order valence-electron chi connectivity index (χ4n) is 3.89. The number of H-pyrrole nitrogens is 1. The van der Waals surface area contributed by atoms with Crippen LogP contribution in [0.2, 0.25) is 0 Å². The number of unbranched alkanes of at least 4 members (excludes halogenated alkanes) is 1. The largest absolute Gasteiger partial charge is 0.341 e. The normalized spacial score (nSPS) is 18.9. The monoisotopic (exact) mass is 490 g/mol. The molecule has 3 N–H and O–H groups in total. The molecule has 2 aromatic carbocycles. The summed E-state index contributed by atoms with van der Waals surface area (Å²) in [5.74, 6) is 0.0174. The molecule has 11 heteroatoms. The summed E-state index contributed by atoms with van der Waals surface area (Å²) in [7, 11) is -7.25. The van der Waals surface area contributed by atoms with E-state index in [2.05, 4.69) is 14.7 Å². The van der Waals surface area contributed by atoms with Gasteiger partial charge in [-0.25, -0.2) is 26.5 Å². The van der Waals surface area contributed by atoms with E-state index in [9.17, 15) is 21.6 Å². The van der Waals surface area contributed by atoms with E-state index in [-0.39, 0.29) is 12.2 Å². The van der Waals surface area contributed by atoms with Crippen LogP contribution in [0.25, 0.3) is 11.0 Å². The molecule has 0 spiro atoms. The lowest BCUT2D eigenvalue weighted by Crippen LogP contribution is -2.32. The molecular weight excluding hydrogens is 464 g/mol. The van der Waals surface area contributed by atoms with Crippen molar-refractivity contribution in [3.05, 3.63) is 65.5 Å². The predicted molar refractivity (Wildman–Crippen MR) is 125 cm³/mol. The molecule has 1 aliphatic rings. The second-order valence-electron chi connectivity index (χ2n) is 8.19. The van der Waals surface area contributed by atoms with Crippen LogP contribution in [0.15, 0.2) is 48.5 Å². The van der Waals surface area contributed by atoms with Crippen molar-refractivity contribution in [2.24, 2.45) is 0 Å². The van der Waals surface area contributed by atoms with Gasteiger partial charge >= 0.3 is 0 Å². The van der Waals surface area contributed by atoms with Gasteiger partial charge in [0.05, 0.1) is 29.2 Å². The van der Waals surface area contributed by atoms with Gasteiger partial charge in [-0.2, -0.15) is 0 Å². The van der Waals surface area contributed by atoms with E-state index >= 15 is 0 Å². The molecule has 2 heterocycles. The third kappa shape index (κ3) is 5.43. The Kier molecular flexibility index (Phi) is 6.55. The average Bonchev–Trinajstić information content (AvgIpc) is 3.31. The number of carbonyl (C=O) groups is 1. The number of fused-ring (bicyclic) bond motifs is 1. The van der Waals surface area contributed by atoms with Crippen LogP contribution in [0.5, 0.6) is 0 Å². The molecule has 2 atom stereocenters. The molecule has 176 valence electrons. The summed E-state index contributed by atoms with van der Waals surface area (Å²) in [5.41, 5.74) is 2.87. The molecule has 4 rings (SSSR count). The fraction of sp³-hybridized carbons (Fsp3) is 0.364. The maximum absolute atomic E-state index is 12.7. The van der Waals surface area contributed by atoms with Crippen molar-refractivity contribution in [2.45, 2.75) is 43.9 Å². The van der Waals surface area contributed by atoms with Gasteiger partial charge in [-0.1, -0.05) is 49.7 Å². The number of imidazole rings is 1. The Morgan fingerprint density at radius 3 is 2.52 bits per heavy atom. The summed E-state index contributed by atoms with van der Waals surface area (Å²) in [6.07, 6.45) is 1.53. The van der Waals surface area contributed by atoms with Crippen LogP contribution in [-0.2, 0) is 31.3 Å². The van der Waals surface area contributed by atoms with Crippen LogP contribution in [0, 0.1) is 0 Å². The molecule has 0 saturated carbocycles. The van der Waals surface area contributed by atoms with Crippen molar-refractivity contribution in [1.82, 2.24) is 19.4 Å². The number of nitrogens with one attached hydrogen (secondary N) is 3. The predicted octanol–water partition coefficient (Wildman–Crippen LogP) is 2.46. The van der Waals surface area contributed by atoms with Gasteiger partial charge in [0.25, 0.3) is 0 Å². The minimum absolute atomic E-state index is 0.0275. The standard InChI is InChI=1S/C22H26N4O5S2/c1-2-3-12-32(28,29)25-19(22-23-17-6-4-5-7-18(17)24-22)13-15-8-10-16(11-9-15)20-14-21(27)26-33(20,30)31/h4-11,19-20,25H,2-3,12-14H2,1H3,(H,23,24)(H,26,27)/t19-,20?/m0/s1. The number of amides is 1. The Morgan fingerprint density at radius 1 is 1.15 bits per heavy atom. The minimum Gasteiger partial charge on any atom is -0.341 e. The summed E-state index contributed by atoms with van der Waals surface area (Å²) in [5, 5.41) is -0.919. The number of aromatic amines is 1. The van der Waals surface area contributed by atoms with E-state index in [4.69, 9.17) is 0 Å². The van der Waals surface area contributed by atoms with Crippen LogP contribution in [0.4, 0.5) is 0 Å². The van der Waals surface area contributed by atoms with E-state index in [0.717, 1.165) is 23.0 Å². The van der Waals surface area contributed by atoms with E-state index < -0.39 is 37.2 Å². The van der Waals surface area contributed by atoms with Crippen molar-refractivity contribution in [1.29, 1.82) is 0 Å². The number of para-hydroxylation sites is 2. The third-order valence-corrected chi connectivity index (χ3v) is 8.79. The van der Waals surface area contributed by atoms with Crippen molar-refractivity contribution >= 4 is 37.0 Å². The van der Waals surface area contributed by atoms with Gasteiger partial charge in [0.1, 0.15) is 11.1 Å². The second-order valence-corrected chi connectivity index (χ2v) is 11.9. The van der Waals surface area contributed by atoms with Crippen molar-refractivity contribution in [3.8, 4) is 0 Å². The quantitative estimate of drug-likeness (QED) is 0.421. The summed E-state index contributed by atoms with van der Waals surface area (Å²) in [6, 6.07) is 13.7. The Bertz CT molecular complexity index is 1330. The highest BCUT2D eigenvalue weighted by molar-refractivity contribution is 7.90. The third-order valence-electron chi connectivity index (χ3n) is 5.62. The van der Waals surface area contributed by atoms with Gasteiger partial charge in [-0.3, -0.25) is 9.52 Å². The van der Waals surface area contributed by atoms with Gasteiger partial charge in [-0.15, -0.1) is 0 Å². The van der Waals surface area contributed by atoms with Crippen LogP contribution < -0.4 is 9.44 Å². The number of sulfonamides is 2. The Labute approximate surface area is 193 Å².